The fourth-order valence-corrected chi connectivity index (χ4v) is 1.91. The third kappa shape index (κ3) is 3.56. The molecule has 1 heterocycles. The van der Waals surface area contributed by atoms with Crippen LogP contribution in [0.25, 0.3) is 0 Å². The Bertz CT molecular complexity index is 300. The summed E-state index contributed by atoms with van der Waals surface area (Å²) < 4.78 is 0. The number of rotatable bonds is 2. The van der Waals surface area contributed by atoms with E-state index in [9.17, 15) is 0 Å². The van der Waals surface area contributed by atoms with Crippen molar-refractivity contribution in [2.24, 2.45) is 0 Å². The molecule has 1 aliphatic heterocycles. The van der Waals surface area contributed by atoms with E-state index in [4.69, 9.17) is 16.4 Å². The Kier molecular flexibility index (Phi) is 5.23. The third-order valence-electron chi connectivity index (χ3n) is 2.50. The molecule has 1 aromatic rings. The first kappa shape index (κ1) is 12.6. The molecule has 0 unspecified atom stereocenters. The van der Waals surface area contributed by atoms with Crippen molar-refractivity contribution in [1.82, 2.24) is 0 Å². The fourth-order valence-electron chi connectivity index (χ4n) is 1.73. The quantitative estimate of drug-likeness (QED) is 0.687. The summed E-state index contributed by atoms with van der Waals surface area (Å²) in [6.45, 7) is 2.18. The maximum absolute atomic E-state index is 6.01. The number of hydroxylamine groups is 2. The minimum Gasteiger partial charge on any atom is -1.00 e. The number of para-hydroxylation sites is 1. The van der Waals surface area contributed by atoms with Crippen LogP contribution in [0, 0.1) is 0 Å². The summed E-state index contributed by atoms with van der Waals surface area (Å²) in [5.41, 5.74) is 0. The van der Waals surface area contributed by atoms with Crippen LogP contribution in [0.1, 0.15) is 19.3 Å². The molecular weight excluding hydrogens is 233 g/mol. The lowest BCUT2D eigenvalue weighted by molar-refractivity contribution is -1.07. The standard InChI is InChI=1S/C11H14ClNO.ClH/c12-10-6-2-3-7-11(10)14-13-8-4-1-5-9-13;/h2-3,6-7H,1,4-5,8-9H2;1H. The molecular formula is C11H15Cl2NO. The Hall–Kier alpha value is -0.440. The molecule has 1 fully saturated rings. The Morgan fingerprint density at radius 3 is 2.40 bits per heavy atom. The number of halogens is 2. The monoisotopic (exact) mass is 247 g/mol. The van der Waals surface area contributed by atoms with Gasteiger partial charge in [0.15, 0.2) is 0 Å². The molecule has 1 saturated heterocycles. The summed E-state index contributed by atoms with van der Waals surface area (Å²) >= 11 is 6.01. The van der Waals surface area contributed by atoms with Crippen LogP contribution in [0.3, 0.4) is 0 Å². The second-order valence-corrected chi connectivity index (χ2v) is 4.04. The van der Waals surface area contributed by atoms with Gasteiger partial charge in [-0.3, -0.25) is 0 Å². The fraction of sp³-hybridized carbons (Fsp3) is 0.455. The maximum atomic E-state index is 6.01. The van der Waals surface area contributed by atoms with Crippen LogP contribution in [0.2, 0.25) is 5.02 Å². The summed E-state index contributed by atoms with van der Waals surface area (Å²) in [5.74, 6) is 0.797. The first-order valence-electron chi connectivity index (χ1n) is 5.13. The Balaban J connectivity index is 0.00000112. The highest BCUT2D eigenvalue weighted by molar-refractivity contribution is 6.32. The van der Waals surface area contributed by atoms with Gasteiger partial charge in [0.05, 0.1) is 5.02 Å². The highest BCUT2D eigenvalue weighted by Gasteiger charge is 2.16. The third-order valence-corrected chi connectivity index (χ3v) is 2.81. The van der Waals surface area contributed by atoms with Gasteiger partial charge < -0.3 is 17.2 Å². The Morgan fingerprint density at radius 2 is 1.73 bits per heavy atom. The molecule has 1 N–H and O–H groups in total. The smallest absolute Gasteiger partial charge is 0.208 e. The van der Waals surface area contributed by atoms with Gasteiger partial charge in [-0.25, -0.2) is 0 Å². The number of nitrogens with one attached hydrogen (secondary N) is 1. The summed E-state index contributed by atoms with van der Waals surface area (Å²) in [7, 11) is 0. The van der Waals surface area contributed by atoms with Crippen molar-refractivity contribution in [3.05, 3.63) is 29.3 Å². The van der Waals surface area contributed by atoms with Gasteiger partial charge in [-0.15, -0.1) is 5.06 Å². The van der Waals surface area contributed by atoms with E-state index in [0.717, 1.165) is 18.8 Å². The number of hydrogen-bond acceptors (Lipinski definition) is 1. The first-order chi connectivity index (χ1) is 6.86. The predicted molar refractivity (Wildman–Crippen MR) is 56.6 cm³/mol. The van der Waals surface area contributed by atoms with Crippen LogP contribution in [0.15, 0.2) is 24.3 Å². The SMILES string of the molecule is Clc1ccccc1O[NH+]1CCCCC1.[Cl-]. The van der Waals surface area contributed by atoms with E-state index < -0.39 is 0 Å². The van der Waals surface area contributed by atoms with E-state index in [-0.39, 0.29) is 12.4 Å². The normalized spacial score (nSPS) is 16.9. The van der Waals surface area contributed by atoms with Crippen molar-refractivity contribution in [2.75, 3.05) is 13.1 Å². The van der Waals surface area contributed by atoms with Gasteiger partial charge in [-0.05, 0) is 18.6 Å². The summed E-state index contributed by atoms with van der Waals surface area (Å²) in [6, 6.07) is 7.65. The molecule has 15 heavy (non-hydrogen) atoms. The Labute approximate surface area is 102 Å². The van der Waals surface area contributed by atoms with E-state index in [1.165, 1.54) is 24.3 Å². The number of benzene rings is 1. The van der Waals surface area contributed by atoms with Gasteiger partial charge in [-0.2, -0.15) is 0 Å². The maximum Gasteiger partial charge on any atom is 0.208 e. The van der Waals surface area contributed by atoms with Crippen LogP contribution < -0.4 is 22.3 Å². The van der Waals surface area contributed by atoms with Crippen molar-refractivity contribution in [2.45, 2.75) is 19.3 Å². The minimum atomic E-state index is 0. The van der Waals surface area contributed by atoms with Gasteiger partial charge in [-0.1, -0.05) is 23.7 Å². The van der Waals surface area contributed by atoms with Crippen molar-refractivity contribution in [1.29, 1.82) is 0 Å². The lowest BCUT2D eigenvalue weighted by Crippen LogP contribution is -3.14. The zero-order valence-electron chi connectivity index (χ0n) is 8.51. The molecule has 0 radical (unpaired) electrons. The molecule has 0 aliphatic carbocycles. The van der Waals surface area contributed by atoms with E-state index in [2.05, 4.69) is 0 Å². The lowest BCUT2D eigenvalue weighted by Gasteiger charge is -2.22. The molecule has 0 bridgehead atoms. The van der Waals surface area contributed by atoms with Gasteiger partial charge in [0.2, 0.25) is 5.75 Å². The van der Waals surface area contributed by atoms with Crippen LogP contribution in [-0.2, 0) is 0 Å². The highest BCUT2D eigenvalue weighted by atomic mass is 35.5. The highest BCUT2D eigenvalue weighted by Crippen LogP contribution is 2.21. The number of quaternary nitrogens is 1. The van der Waals surface area contributed by atoms with Crippen molar-refractivity contribution in [3.63, 3.8) is 0 Å². The molecule has 0 spiro atoms. The van der Waals surface area contributed by atoms with Crippen molar-refractivity contribution in [3.8, 4) is 5.75 Å². The molecule has 0 atom stereocenters. The molecule has 1 aliphatic rings. The molecule has 84 valence electrons. The van der Waals surface area contributed by atoms with Gasteiger partial charge in [0.25, 0.3) is 0 Å². The van der Waals surface area contributed by atoms with Gasteiger partial charge >= 0.3 is 0 Å². The average molecular weight is 248 g/mol. The summed E-state index contributed by atoms with van der Waals surface area (Å²) in [5, 5.41) is 1.88. The zero-order chi connectivity index (χ0) is 9.80. The number of hydrogen-bond donors (Lipinski definition) is 1. The topological polar surface area (TPSA) is 13.7 Å². The van der Waals surface area contributed by atoms with E-state index >= 15 is 0 Å². The predicted octanol–water partition coefficient (Wildman–Crippen LogP) is -1.29. The molecule has 0 aromatic heterocycles. The molecule has 2 nitrogen and oxygen atoms in total. The Morgan fingerprint density at radius 1 is 1.07 bits per heavy atom. The van der Waals surface area contributed by atoms with Crippen molar-refractivity contribution < 1.29 is 22.3 Å². The summed E-state index contributed by atoms with van der Waals surface area (Å²) in [4.78, 5) is 5.77. The van der Waals surface area contributed by atoms with Gasteiger partial charge in [0.1, 0.15) is 13.1 Å². The molecule has 0 saturated carbocycles. The van der Waals surface area contributed by atoms with Crippen molar-refractivity contribution >= 4 is 11.6 Å². The lowest BCUT2D eigenvalue weighted by atomic mass is 10.2. The van der Waals surface area contributed by atoms with E-state index in [0.29, 0.717) is 5.02 Å². The second kappa shape index (κ2) is 6.21. The van der Waals surface area contributed by atoms with Crippen LogP contribution in [-0.4, -0.2) is 13.1 Å². The minimum absolute atomic E-state index is 0. The first-order valence-corrected chi connectivity index (χ1v) is 5.51. The molecule has 0 amide bonds. The largest absolute Gasteiger partial charge is 1.00 e. The molecule has 1 aromatic carbocycles. The summed E-state index contributed by atoms with van der Waals surface area (Å²) in [6.07, 6.45) is 3.83. The molecule has 4 heteroatoms. The zero-order valence-corrected chi connectivity index (χ0v) is 10.0. The molecule has 2 rings (SSSR count). The van der Waals surface area contributed by atoms with Gasteiger partial charge in [0, 0.05) is 12.8 Å². The van der Waals surface area contributed by atoms with Crippen LogP contribution in [0.4, 0.5) is 0 Å². The second-order valence-electron chi connectivity index (χ2n) is 3.63. The van der Waals surface area contributed by atoms with E-state index in [1.807, 2.05) is 24.3 Å². The average Bonchev–Trinajstić information content (AvgIpc) is 2.23. The number of piperidine rings is 1. The van der Waals surface area contributed by atoms with E-state index in [1.54, 1.807) is 0 Å². The van der Waals surface area contributed by atoms with Crippen LogP contribution >= 0.6 is 11.6 Å². The van der Waals surface area contributed by atoms with Crippen LogP contribution in [0.5, 0.6) is 5.75 Å².